The maximum Gasteiger partial charge on any atom is 0.404 e. The second-order valence-corrected chi connectivity index (χ2v) is 4.68. The highest BCUT2D eigenvalue weighted by molar-refractivity contribution is 5.89. The van der Waals surface area contributed by atoms with Crippen molar-refractivity contribution in [2.75, 3.05) is 18.0 Å². The van der Waals surface area contributed by atoms with E-state index < -0.39 is 6.09 Å². The molecule has 0 saturated carbocycles. The Balaban J connectivity index is 1.73. The van der Waals surface area contributed by atoms with E-state index in [-0.39, 0.29) is 6.04 Å². The number of H-pyrrole nitrogens is 1. The molecule has 1 fully saturated rings. The summed E-state index contributed by atoms with van der Waals surface area (Å²) in [5, 5.41) is 19.6. The molecule has 1 aliphatic heterocycles. The number of hydrogen-bond acceptors (Lipinski definition) is 4. The van der Waals surface area contributed by atoms with Crippen molar-refractivity contribution in [3.8, 4) is 0 Å². The molecule has 0 radical (unpaired) electrons. The average molecular weight is 261 g/mol. The summed E-state index contributed by atoms with van der Waals surface area (Å²) in [5.41, 5.74) is 0.920. The number of carboxylic acid groups (broad SMARTS) is 1. The smallest absolute Gasteiger partial charge is 0.404 e. The molecule has 0 aromatic carbocycles. The van der Waals surface area contributed by atoms with E-state index in [1.165, 1.54) is 0 Å². The number of nitrogens with one attached hydrogen (secondary N) is 2. The first-order valence-corrected chi connectivity index (χ1v) is 6.26. The summed E-state index contributed by atoms with van der Waals surface area (Å²) < 4.78 is 0. The molecule has 0 unspecified atom stereocenters. The fraction of sp³-hybridized carbons (Fsp3) is 0.417. The van der Waals surface area contributed by atoms with Crippen molar-refractivity contribution >= 4 is 22.8 Å². The zero-order valence-electron chi connectivity index (χ0n) is 10.3. The van der Waals surface area contributed by atoms with E-state index in [1.807, 2.05) is 6.07 Å². The van der Waals surface area contributed by atoms with Crippen LogP contribution in [0, 0.1) is 0 Å². The van der Waals surface area contributed by atoms with Crippen LogP contribution < -0.4 is 10.2 Å². The van der Waals surface area contributed by atoms with Gasteiger partial charge in [-0.1, -0.05) is 0 Å². The van der Waals surface area contributed by atoms with Crippen molar-refractivity contribution in [2.24, 2.45) is 0 Å². The Morgan fingerprint density at radius 2 is 2.26 bits per heavy atom. The van der Waals surface area contributed by atoms with Gasteiger partial charge in [0.2, 0.25) is 0 Å². The van der Waals surface area contributed by atoms with Gasteiger partial charge >= 0.3 is 6.09 Å². The Hall–Kier alpha value is -2.31. The third kappa shape index (κ3) is 2.31. The predicted octanol–water partition coefficient (Wildman–Crippen LogP) is 1.19. The van der Waals surface area contributed by atoms with E-state index in [4.69, 9.17) is 5.11 Å². The molecule has 100 valence electrons. The van der Waals surface area contributed by atoms with E-state index in [0.717, 1.165) is 42.7 Å². The van der Waals surface area contributed by atoms with E-state index in [0.29, 0.717) is 0 Å². The van der Waals surface area contributed by atoms with E-state index >= 15 is 0 Å². The molecular formula is C12H15N5O2. The van der Waals surface area contributed by atoms with Gasteiger partial charge in [0.25, 0.3) is 0 Å². The largest absolute Gasteiger partial charge is 0.465 e. The summed E-state index contributed by atoms with van der Waals surface area (Å²) in [6.45, 7) is 1.60. The Bertz CT molecular complexity index is 589. The van der Waals surface area contributed by atoms with Crippen LogP contribution >= 0.6 is 0 Å². The number of piperidine rings is 1. The Morgan fingerprint density at radius 3 is 3.00 bits per heavy atom. The summed E-state index contributed by atoms with van der Waals surface area (Å²) in [6, 6.07) is 1.98. The van der Waals surface area contributed by atoms with Crippen LogP contribution in [0.15, 0.2) is 18.5 Å². The lowest BCUT2D eigenvalue weighted by molar-refractivity contribution is 0.187. The molecule has 7 nitrogen and oxygen atoms in total. The van der Waals surface area contributed by atoms with Crippen LogP contribution in [0.3, 0.4) is 0 Å². The van der Waals surface area contributed by atoms with E-state index in [2.05, 4.69) is 25.4 Å². The van der Waals surface area contributed by atoms with Gasteiger partial charge in [-0.2, -0.15) is 5.10 Å². The van der Waals surface area contributed by atoms with Crippen LogP contribution in [0.4, 0.5) is 10.6 Å². The SMILES string of the molecule is O=C(O)NC1CCN(c2n[nH]c3cnccc23)CC1. The van der Waals surface area contributed by atoms with Crippen molar-refractivity contribution in [3.05, 3.63) is 18.5 Å². The Labute approximate surface area is 109 Å². The quantitative estimate of drug-likeness (QED) is 0.755. The molecule has 2 aromatic rings. The number of pyridine rings is 1. The first kappa shape index (κ1) is 11.8. The standard InChI is InChI=1S/C12H15N5O2/c18-12(19)14-8-2-5-17(6-3-8)11-9-1-4-13-7-10(9)15-16-11/h1,4,7-8,14H,2-3,5-6H2,(H,15,16)(H,18,19). The minimum absolute atomic E-state index is 0.0422. The maximum absolute atomic E-state index is 10.6. The van der Waals surface area contributed by atoms with Gasteiger partial charge in [-0.25, -0.2) is 4.79 Å². The van der Waals surface area contributed by atoms with Gasteiger partial charge in [0.1, 0.15) is 0 Å². The van der Waals surface area contributed by atoms with E-state index in [9.17, 15) is 4.79 Å². The minimum Gasteiger partial charge on any atom is -0.465 e. The van der Waals surface area contributed by atoms with Gasteiger partial charge in [-0.15, -0.1) is 0 Å². The molecule has 19 heavy (non-hydrogen) atoms. The molecule has 1 amide bonds. The molecule has 1 aliphatic rings. The molecule has 3 N–H and O–H groups in total. The monoisotopic (exact) mass is 261 g/mol. The number of hydrogen-bond donors (Lipinski definition) is 3. The topological polar surface area (TPSA) is 94.1 Å². The number of nitrogens with zero attached hydrogens (tertiary/aromatic N) is 3. The molecule has 1 saturated heterocycles. The van der Waals surface area contributed by atoms with Gasteiger partial charge in [0.15, 0.2) is 5.82 Å². The van der Waals surface area contributed by atoms with Gasteiger partial charge in [-0.3, -0.25) is 10.1 Å². The molecule has 7 heteroatoms. The summed E-state index contributed by atoms with van der Waals surface area (Å²) in [5.74, 6) is 0.922. The fourth-order valence-corrected chi connectivity index (χ4v) is 2.50. The fourth-order valence-electron chi connectivity index (χ4n) is 2.50. The summed E-state index contributed by atoms with van der Waals surface area (Å²) in [4.78, 5) is 16.8. The molecule has 3 rings (SSSR count). The van der Waals surface area contributed by atoms with Crippen LogP contribution in [0.5, 0.6) is 0 Å². The molecule has 3 heterocycles. The summed E-state index contributed by atoms with van der Waals surface area (Å²) in [7, 11) is 0. The van der Waals surface area contributed by atoms with E-state index in [1.54, 1.807) is 12.4 Å². The highest BCUT2D eigenvalue weighted by atomic mass is 16.4. The first-order valence-electron chi connectivity index (χ1n) is 6.26. The lowest BCUT2D eigenvalue weighted by atomic mass is 10.1. The second-order valence-electron chi connectivity index (χ2n) is 4.68. The maximum atomic E-state index is 10.6. The number of aromatic nitrogens is 3. The lowest BCUT2D eigenvalue weighted by Gasteiger charge is -2.32. The lowest BCUT2D eigenvalue weighted by Crippen LogP contribution is -2.44. The second kappa shape index (κ2) is 4.75. The molecule has 0 aliphatic carbocycles. The highest BCUT2D eigenvalue weighted by Crippen LogP contribution is 2.25. The summed E-state index contributed by atoms with van der Waals surface area (Å²) in [6.07, 6.45) is 4.15. The number of fused-ring (bicyclic) bond motifs is 1. The van der Waals surface area contributed by atoms with Crippen molar-refractivity contribution in [1.29, 1.82) is 0 Å². The van der Waals surface area contributed by atoms with Crippen molar-refractivity contribution in [1.82, 2.24) is 20.5 Å². The highest BCUT2D eigenvalue weighted by Gasteiger charge is 2.23. The summed E-state index contributed by atoms with van der Waals surface area (Å²) >= 11 is 0. The molecular weight excluding hydrogens is 246 g/mol. The predicted molar refractivity (Wildman–Crippen MR) is 70.3 cm³/mol. The van der Waals surface area contributed by atoms with Crippen LogP contribution in [0.1, 0.15) is 12.8 Å². The van der Waals surface area contributed by atoms with Crippen molar-refractivity contribution in [3.63, 3.8) is 0 Å². The van der Waals surface area contributed by atoms with Crippen LogP contribution in [0.25, 0.3) is 10.9 Å². The van der Waals surface area contributed by atoms with Gasteiger partial charge < -0.3 is 15.3 Å². The Morgan fingerprint density at radius 1 is 1.47 bits per heavy atom. The van der Waals surface area contributed by atoms with Crippen LogP contribution in [-0.4, -0.2) is 45.5 Å². The van der Waals surface area contributed by atoms with Gasteiger partial charge in [0.05, 0.1) is 11.7 Å². The molecule has 2 aromatic heterocycles. The third-order valence-electron chi connectivity index (χ3n) is 3.47. The minimum atomic E-state index is -0.949. The third-order valence-corrected chi connectivity index (χ3v) is 3.47. The number of amides is 1. The molecule has 0 atom stereocenters. The van der Waals surface area contributed by atoms with Crippen molar-refractivity contribution < 1.29 is 9.90 Å². The Kier molecular flexibility index (Phi) is 2.94. The average Bonchev–Trinajstić information content (AvgIpc) is 2.83. The normalized spacial score (nSPS) is 16.7. The number of anilines is 1. The van der Waals surface area contributed by atoms with Crippen LogP contribution in [-0.2, 0) is 0 Å². The first-order chi connectivity index (χ1) is 9.24. The van der Waals surface area contributed by atoms with Crippen LogP contribution in [0.2, 0.25) is 0 Å². The number of rotatable bonds is 2. The number of aromatic amines is 1. The number of carbonyl (C=O) groups is 1. The molecule has 0 spiro atoms. The van der Waals surface area contributed by atoms with Gasteiger partial charge in [-0.05, 0) is 18.9 Å². The van der Waals surface area contributed by atoms with Crippen molar-refractivity contribution in [2.45, 2.75) is 18.9 Å². The van der Waals surface area contributed by atoms with Gasteiger partial charge in [0, 0.05) is 30.7 Å². The zero-order chi connectivity index (χ0) is 13.2. The molecule has 0 bridgehead atoms. The zero-order valence-corrected chi connectivity index (χ0v) is 10.3.